The first-order valence-corrected chi connectivity index (χ1v) is 6.18. The summed E-state index contributed by atoms with van der Waals surface area (Å²) in [7, 11) is 1.91. The number of hydrogen-bond donors (Lipinski definition) is 0. The molecule has 0 saturated heterocycles. The lowest BCUT2D eigenvalue weighted by Gasteiger charge is -1.98. The fourth-order valence-electron chi connectivity index (χ4n) is 1.71. The Bertz CT molecular complexity index is 716. The van der Waals surface area contributed by atoms with Crippen molar-refractivity contribution in [3.05, 3.63) is 42.5 Å². The van der Waals surface area contributed by atoms with E-state index < -0.39 is 0 Å². The molecule has 0 aliphatic carbocycles. The van der Waals surface area contributed by atoms with E-state index in [4.69, 9.17) is 0 Å². The number of pyridine rings is 1. The average molecular weight is 258 g/mol. The first kappa shape index (κ1) is 11.0. The quantitative estimate of drug-likeness (QED) is 0.674. The molecule has 0 aliphatic heterocycles. The van der Waals surface area contributed by atoms with Crippen molar-refractivity contribution in [3.8, 4) is 0 Å². The van der Waals surface area contributed by atoms with Gasteiger partial charge in [-0.2, -0.15) is 0 Å². The van der Waals surface area contributed by atoms with Crippen molar-refractivity contribution in [3.63, 3.8) is 0 Å². The molecule has 0 N–H and O–H groups in total. The van der Waals surface area contributed by atoms with Crippen LogP contribution in [0.15, 0.2) is 47.0 Å². The lowest BCUT2D eigenvalue weighted by molar-refractivity contribution is 0.111. The summed E-state index contributed by atoms with van der Waals surface area (Å²) in [4.78, 5) is 19.9. The summed E-state index contributed by atoms with van der Waals surface area (Å²) in [5, 5.41) is 1.48. The summed E-state index contributed by atoms with van der Waals surface area (Å²) < 4.78 is 3.67. The number of aryl methyl sites for hydroxylation is 1. The average Bonchev–Trinajstić information content (AvgIpc) is 2.93. The molecule has 5 nitrogen and oxygen atoms in total. The molecule has 0 radical (unpaired) electrons. The molecule has 0 spiro atoms. The summed E-state index contributed by atoms with van der Waals surface area (Å²) in [6.45, 7) is 0. The van der Waals surface area contributed by atoms with Gasteiger partial charge < -0.3 is 4.57 Å². The highest BCUT2D eigenvalue weighted by atomic mass is 32.2. The molecule has 0 bridgehead atoms. The van der Waals surface area contributed by atoms with Crippen LogP contribution in [0.25, 0.3) is 5.65 Å². The van der Waals surface area contributed by atoms with E-state index >= 15 is 0 Å². The summed E-state index contributed by atoms with van der Waals surface area (Å²) in [6.07, 6.45) is 6.23. The molecule has 3 aromatic rings. The molecule has 3 heterocycles. The normalized spacial score (nSPS) is 10.9. The Hall–Kier alpha value is -2.08. The molecule has 0 aliphatic rings. The molecule has 0 fully saturated rings. The van der Waals surface area contributed by atoms with Gasteiger partial charge in [0.25, 0.3) is 0 Å². The maximum Gasteiger partial charge on any atom is 0.174 e. The number of nitrogens with zero attached hydrogens (tertiary/aromatic N) is 4. The van der Waals surface area contributed by atoms with E-state index in [0.29, 0.717) is 10.7 Å². The summed E-state index contributed by atoms with van der Waals surface area (Å²) in [6, 6.07) is 5.64. The van der Waals surface area contributed by atoms with Crippen molar-refractivity contribution in [1.29, 1.82) is 0 Å². The number of carbonyl (C=O) groups excluding carboxylic acids is 1. The summed E-state index contributed by atoms with van der Waals surface area (Å²) in [5.41, 5.74) is 1.31. The predicted octanol–water partition coefficient (Wildman–Crippen LogP) is 2.03. The number of hydrogen-bond acceptors (Lipinski definition) is 4. The monoisotopic (exact) mass is 258 g/mol. The van der Waals surface area contributed by atoms with Crippen molar-refractivity contribution < 1.29 is 4.79 Å². The molecule has 0 aromatic carbocycles. The highest BCUT2D eigenvalue weighted by Gasteiger charge is 2.14. The fraction of sp³-hybridized carbons (Fsp3) is 0.0833. The third-order valence-corrected chi connectivity index (χ3v) is 3.68. The smallest absolute Gasteiger partial charge is 0.174 e. The Morgan fingerprint density at radius 1 is 1.33 bits per heavy atom. The molecule has 90 valence electrons. The largest absolute Gasteiger partial charge is 0.329 e. The van der Waals surface area contributed by atoms with Crippen LogP contribution in [0.1, 0.15) is 10.5 Å². The van der Waals surface area contributed by atoms with Crippen molar-refractivity contribution in [1.82, 2.24) is 18.9 Å². The Labute approximate surface area is 107 Å². The molecule has 3 aromatic heterocycles. The zero-order valence-electron chi connectivity index (χ0n) is 9.65. The van der Waals surface area contributed by atoms with E-state index in [-0.39, 0.29) is 0 Å². The number of fused-ring (bicyclic) bond motifs is 1. The Morgan fingerprint density at radius 2 is 2.22 bits per heavy atom. The van der Waals surface area contributed by atoms with Gasteiger partial charge in [-0.3, -0.25) is 9.20 Å². The van der Waals surface area contributed by atoms with Crippen LogP contribution in [0.2, 0.25) is 0 Å². The minimum absolute atomic E-state index is 0.554. The highest BCUT2D eigenvalue weighted by molar-refractivity contribution is 7.99. The van der Waals surface area contributed by atoms with E-state index in [1.165, 1.54) is 11.8 Å². The predicted molar refractivity (Wildman–Crippen MR) is 67.9 cm³/mol. The molecule has 3 rings (SSSR count). The Balaban J connectivity index is 2.11. The molecule has 18 heavy (non-hydrogen) atoms. The Kier molecular flexibility index (Phi) is 2.64. The van der Waals surface area contributed by atoms with Crippen molar-refractivity contribution in [2.24, 2.45) is 7.05 Å². The first-order chi connectivity index (χ1) is 8.79. The zero-order chi connectivity index (χ0) is 12.5. The molecule has 0 atom stereocenters. The number of rotatable bonds is 3. The van der Waals surface area contributed by atoms with Gasteiger partial charge >= 0.3 is 0 Å². The fourth-order valence-corrected chi connectivity index (χ4v) is 2.59. The second kappa shape index (κ2) is 4.30. The van der Waals surface area contributed by atoms with Gasteiger partial charge in [-0.05, 0) is 23.9 Å². The molecular formula is C12H10N4OS. The summed E-state index contributed by atoms with van der Waals surface area (Å²) >= 11 is 1.39. The van der Waals surface area contributed by atoms with Crippen LogP contribution in [0, 0.1) is 0 Å². The minimum Gasteiger partial charge on any atom is -0.329 e. The van der Waals surface area contributed by atoms with Gasteiger partial charge in [-0.15, -0.1) is 0 Å². The second-order valence-electron chi connectivity index (χ2n) is 3.77. The third-order valence-electron chi connectivity index (χ3n) is 2.61. The van der Waals surface area contributed by atoms with Crippen LogP contribution in [0.5, 0.6) is 0 Å². The number of aldehydes is 1. The van der Waals surface area contributed by atoms with Crippen molar-refractivity contribution >= 4 is 23.7 Å². The highest BCUT2D eigenvalue weighted by Crippen LogP contribution is 2.28. The Morgan fingerprint density at radius 3 is 2.94 bits per heavy atom. The van der Waals surface area contributed by atoms with E-state index in [9.17, 15) is 4.79 Å². The zero-order valence-corrected chi connectivity index (χ0v) is 10.5. The molecule has 6 heteroatoms. The molecule has 0 unspecified atom stereocenters. The van der Waals surface area contributed by atoms with Gasteiger partial charge in [0.2, 0.25) is 0 Å². The van der Waals surface area contributed by atoms with Gasteiger partial charge in [0.05, 0.1) is 0 Å². The van der Waals surface area contributed by atoms with E-state index in [1.807, 2.05) is 42.2 Å². The van der Waals surface area contributed by atoms with E-state index in [2.05, 4.69) is 9.97 Å². The van der Waals surface area contributed by atoms with Crippen molar-refractivity contribution in [2.75, 3.05) is 0 Å². The lowest BCUT2D eigenvalue weighted by atomic mass is 10.4. The summed E-state index contributed by atoms with van der Waals surface area (Å²) in [5.74, 6) is 0. The van der Waals surface area contributed by atoms with E-state index in [1.54, 1.807) is 10.6 Å². The van der Waals surface area contributed by atoms with Crippen LogP contribution in [-0.2, 0) is 7.05 Å². The first-order valence-electron chi connectivity index (χ1n) is 5.37. The number of carbonyl (C=O) groups is 1. The van der Waals surface area contributed by atoms with Crippen LogP contribution in [0.3, 0.4) is 0 Å². The second-order valence-corrected chi connectivity index (χ2v) is 4.73. The standard InChI is InChI=1S/C12H10N4OS/c1-15-7-5-13-12(15)18-11-9(8-17)16-6-3-2-4-10(16)14-11/h2-8H,1H3. The van der Waals surface area contributed by atoms with Gasteiger partial charge in [-0.25, -0.2) is 9.97 Å². The minimum atomic E-state index is 0.554. The maximum absolute atomic E-state index is 11.2. The van der Waals surface area contributed by atoms with Crippen LogP contribution >= 0.6 is 11.8 Å². The van der Waals surface area contributed by atoms with Gasteiger partial charge in [-0.1, -0.05) is 6.07 Å². The van der Waals surface area contributed by atoms with Gasteiger partial charge in [0.15, 0.2) is 11.4 Å². The van der Waals surface area contributed by atoms with Crippen LogP contribution in [-0.4, -0.2) is 25.2 Å². The van der Waals surface area contributed by atoms with Gasteiger partial charge in [0, 0.05) is 25.6 Å². The van der Waals surface area contributed by atoms with Crippen LogP contribution in [0.4, 0.5) is 0 Å². The molecule has 0 saturated carbocycles. The topological polar surface area (TPSA) is 52.2 Å². The number of aromatic nitrogens is 4. The lowest BCUT2D eigenvalue weighted by Crippen LogP contribution is -1.92. The molecular weight excluding hydrogens is 248 g/mol. The van der Waals surface area contributed by atoms with Crippen LogP contribution < -0.4 is 0 Å². The SMILES string of the molecule is Cn1ccnc1Sc1nc2ccccn2c1C=O. The maximum atomic E-state index is 11.2. The van der Waals surface area contributed by atoms with E-state index in [0.717, 1.165) is 17.1 Å². The van der Waals surface area contributed by atoms with Crippen molar-refractivity contribution in [2.45, 2.75) is 10.2 Å². The third kappa shape index (κ3) is 1.70. The van der Waals surface area contributed by atoms with Gasteiger partial charge in [0.1, 0.15) is 16.4 Å². The molecule has 0 amide bonds. The number of imidazole rings is 2.